The summed E-state index contributed by atoms with van der Waals surface area (Å²) in [5.41, 5.74) is -0.541. The van der Waals surface area contributed by atoms with Gasteiger partial charge in [0.05, 0.1) is 7.11 Å². The lowest BCUT2D eigenvalue weighted by molar-refractivity contribution is 0.0634. The third-order valence-corrected chi connectivity index (χ3v) is 2.25. The fourth-order valence-corrected chi connectivity index (χ4v) is 1.49. The smallest absolute Gasteiger partial charge is 0.413 e. The van der Waals surface area contributed by atoms with Crippen molar-refractivity contribution in [1.29, 1.82) is 0 Å². The molecule has 0 fully saturated rings. The number of rotatable bonds is 2. The second kappa shape index (κ2) is 5.52. The molecular weight excluding hydrogens is 335 g/mol. The maximum Gasteiger partial charge on any atom is 0.413 e. The SMILES string of the molecule is COc1cc(I)cnc1NC(=O)OC(C)(C)C. The molecule has 1 amide bonds. The Bertz CT molecular complexity index is 416. The van der Waals surface area contributed by atoms with E-state index in [0.717, 1.165) is 3.57 Å². The highest BCUT2D eigenvalue weighted by molar-refractivity contribution is 14.1. The standard InChI is InChI=1S/C11H15IN2O3/c1-11(2,3)17-10(15)14-9-8(16-4)5-7(12)6-13-9/h5-6H,1-4H3,(H,13,14,15). The molecule has 0 aliphatic heterocycles. The van der Waals surface area contributed by atoms with Crippen molar-refractivity contribution in [1.82, 2.24) is 4.98 Å². The highest BCUT2D eigenvalue weighted by atomic mass is 127. The van der Waals surface area contributed by atoms with Crippen LogP contribution in [0.4, 0.5) is 10.6 Å². The minimum Gasteiger partial charge on any atom is -0.493 e. The lowest BCUT2D eigenvalue weighted by Gasteiger charge is -2.19. The molecule has 0 radical (unpaired) electrons. The van der Waals surface area contributed by atoms with Crippen LogP contribution in [0.15, 0.2) is 12.3 Å². The Labute approximate surface area is 114 Å². The largest absolute Gasteiger partial charge is 0.493 e. The quantitative estimate of drug-likeness (QED) is 0.833. The summed E-state index contributed by atoms with van der Waals surface area (Å²) in [6, 6.07) is 1.78. The molecule has 0 bridgehead atoms. The predicted molar refractivity (Wildman–Crippen MR) is 73.4 cm³/mol. The van der Waals surface area contributed by atoms with E-state index in [1.807, 2.05) is 0 Å². The van der Waals surface area contributed by atoms with Gasteiger partial charge in [-0.1, -0.05) is 0 Å². The highest BCUT2D eigenvalue weighted by Crippen LogP contribution is 2.23. The first-order valence-corrected chi connectivity index (χ1v) is 6.09. The minimum absolute atomic E-state index is 0.349. The summed E-state index contributed by atoms with van der Waals surface area (Å²) in [5.74, 6) is 0.852. The number of hydrogen-bond acceptors (Lipinski definition) is 4. The van der Waals surface area contributed by atoms with Crippen LogP contribution in [0.1, 0.15) is 20.8 Å². The van der Waals surface area contributed by atoms with E-state index in [9.17, 15) is 4.79 Å². The van der Waals surface area contributed by atoms with Crippen molar-refractivity contribution < 1.29 is 14.3 Å². The zero-order valence-electron chi connectivity index (χ0n) is 10.2. The van der Waals surface area contributed by atoms with Gasteiger partial charge in [-0.2, -0.15) is 0 Å². The lowest BCUT2D eigenvalue weighted by Crippen LogP contribution is -2.27. The number of carbonyl (C=O) groups excluding carboxylic acids is 1. The number of hydrogen-bond donors (Lipinski definition) is 1. The molecule has 0 spiro atoms. The van der Waals surface area contributed by atoms with Gasteiger partial charge >= 0.3 is 6.09 Å². The number of anilines is 1. The first-order valence-electron chi connectivity index (χ1n) is 5.01. The summed E-state index contributed by atoms with van der Waals surface area (Å²) >= 11 is 2.11. The Morgan fingerprint density at radius 2 is 2.12 bits per heavy atom. The molecule has 6 heteroatoms. The molecule has 0 aliphatic carbocycles. The second-order valence-electron chi connectivity index (χ2n) is 4.33. The third-order valence-electron chi connectivity index (χ3n) is 1.66. The number of ether oxygens (including phenoxy) is 2. The van der Waals surface area contributed by atoms with Crippen molar-refractivity contribution in [3.8, 4) is 5.75 Å². The van der Waals surface area contributed by atoms with E-state index in [4.69, 9.17) is 9.47 Å². The zero-order chi connectivity index (χ0) is 13.1. The van der Waals surface area contributed by atoms with Crippen LogP contribution >= 0.6 is 22.6 Å². The number of halogens is 1. The number of pyridine rings is 1. The fraction of sp³-hybridized carbons (Fsp3) is 0.455. The number of methoxy groups -OCH3 is 1. The van der Waals surface area contributed by atoms with Crippen LogP contribution in [0.2, 0.25) is 0 Å². The van der Waals surface area contributed by atoms with Gasteiger partial charge in [-0.25, -0.2) is 9.78 Å². The average molecular weight is 350 g/mol. The maximum atomic E-state index is 11.6. The summed E-state index contributed by atoms with van der Waals surface area (Å²) in [6.45, 7) is 5.39. The maximum absolute atomic E-state index is 11.6. The molecule has 0 aromatic carbocycles. The van der Waals surface area contributed by atoms with Gasteiger partial charge in [0.2, 0.25) is 0 Å². The normalized spacial score (nSPS) is 10.9. The summed E-state index contributed by atoms with van der Waals surface area (Å²) in [7, 11) is 1.52. The number of nitrogens with one attached hydrogen (secondary N) is 1. The molecule has 0 atom stereocenters. The van der Waals surface area contributed by atoms with Gasteiger partial charge in [-0.05, 0) is 49.4 Å². The van der Waals surface area contributed by atoms with Crippen LogP contribution in [0.25, 0.3) is 0 Å². The number of amides is 1. The van der Waals surface area contributed by atoms with Crippen molar-refractivity contribution in [2.45, 2.75) is 26.4 Å². The highest BCUT2D eigenvalue weighted by Gasteiger charge is 2.18. The molecule has 0 saturated heterocycles. The van der Waals surface area contributed by atoms with E-state index in [-0.39, 0.29) is 0 Å². The first-order chi connectivity index (χ1) is 7.81. The molecule has 1 rings (SSSR count). The van der Waals surface area contributed by atoms with Gasteiger partial charge in [-0.15, -0.1) is 0 Å². The van der Waals surface area contributed by atoms with Crippen molar-refractivity contribution >= 4 is 34.5 Å². The summed E-state index contributed by atoms with van der Waals surface area (Å²) in [5, 5.41) is 2.54. The Kier molecular flexibility index (Phi) is 4.55. The van der Waals surface area contributed by atoms with Crippen molar-refractivity contribution in [3.63, 3.8) is 0 Å². The van der Waals surface area contributed by atoms with Crippen LogP contribution in [-0.2, 0) is 4.74 Å². The first kappa shape index (κ1) is 14.0. The molecule has 1 heterocycles. The predicted octanol–water partition coefficient (Wildman–Crippen LogP) is 3.04. The zero-order valence-corrected chi connectivity index (χ0v) is 12.4. The molecule has 17 heavy (non-hydrogen) atoms. The molecule has 0 aliphatic rings. The summed E-state index contributed by atoms with van der Waals surface area (Å²) < 4.78 is 11.2. The topological polar surface area (TPSA) is 60.5 Å². The van der Waals surface area contributed by atoms with Gasteiger partial charge < -0.3 is 9.47 Å². The van der Waals surface area contributed by atoms with E-state index in [2.05, 4.69) is 32.9 Å². The summed E-state index contributed by atoms with van der Waals surface area (Å²) in [4.78, 5) is 15.6. The van der Waals surface area contributed by atoms with Gasteiger partial charge in [0, 0.05) is 9.77 Å². The van der Waals surface area contributed by atoms with Crippen molar-refractivity contribution in [2.24, 2.45) is 0 Å². The van der Waals surface area contributed by atoms with E-state index in [1.165, 1.54) is 7.11 Å². The molecule has 1 aromatic rings. The average Bonchev–Trinajstić information content (AvgIpc) is 2.17. The molecule has 1 N–H and O–H groups in total. The Balaban J connectivity index is 2.78. The monoisotopic (exact) mass is 350 g/mol. The molecule has 94 valence electrons. The van der Waals surface area contributed by atoms with Crippen molar-refractivity contribution in [2.75, 3.05) is 12.4 Å². The lowest BCUT2D eigenvalue weighted by atomic mass is 10.2. The van der Waals surface area contributed by atoms with E-state index < -0.39 is 11.7 Å². The van der Waals surface area contributed by atoms with Crippen molar-refractivity contribution in [3.05, 3.63) is 15.8 Å². The molecule has 0 unspecified atom stereocenters. The van der Waals surface area contributed by atoms with E-state index in [0.29, 0.717) is 11.6 Å². The third kappa shape index (κ3) is 4.76. The Hall–Kier alpha value is -1.05. The van der Waals surface area contributed by atoms with Gasteiger partial charge in [0.1, 0.15) is 5.60 Å². The fourth-order valence-electron chi connectivity index (χ4n) is 1.07. The van der Waals surface area contributed by atoms with Crippen LogP contribution in [-0.4, -0.2) is 23.8 Å². The Morgan fingerprint density at radius 1 is 1.47 bits per heavy atom. The van der Waals surface area contributed by atoms with Gasteiger partial charge in [-0.3, -0.25) is 5.32 Å². The van der Waals surface area contributed by atoms with E-state index in [1.54, 1.807) is 33.0 Å². The number of aromatic nitrogens is 1. The van der Waals surface area contributed by atoms with Crippen LogP contribution < -0.4 is 10.1 Å². The molecule has 0 saturated carbocycles. The number of carbonyl (C=O) groups is 1. The van der Waals surface area contributed by atoms with Crippen LogP contribution in [0, 0.1) is 3.57 Å². The molecule has 1 aromatic heterocycles. The summed E-state index contributed by atoms with van der Waals surface area (Å²) in [6.07, 6.45) is 1.08. The van der Waals surface area contributed by atoms with Crippen LogP contribution in [0.3, 0.4) is 0 Å². The Morgan fingerprint density at radius 3 is 2.65 bits per heavy atom. The van der Waals surface area contributed by atoms with E-state index >= 15 is 0 Å². The van der Waals surface area contributed by atoms with Gasteiger partial charge in [0.25, 0.3) is 0 Å². The van der Waals surface area contributed by atoms with Gasteiger partial charge in [0.15, 0.2) is 11.6 Å². The second-order valence-corrected chi connectivity index (χ2v) is 5.58. The minimum atomic E-state index is -0.551. The molecule has 5 nitrogen and oxygen atoms in total. The molecular formula is C11H15IN2O3. The van der Waals surface area contributed by atoms with Crippen LogP contribution in [0.5, 0.6) is 5.75 Å². The number of nitrogens with zero attached hydrogens (tertiary/aromatic N) is 1.